The highest BCUT2D eigenvalue weighted by atomic mass is 35.5. The van der Waals surface area contributed by atoms with Crippen molar-refractivity contribution in [1.29, 1.82) is 0 Å². The van der Waals surface area contributed by atoms with Crippen molar-refractivity contribution in [3.05, 3.63) is 40.7 Å². The van der Waals surface area contributed by atoms with Crippen LogP contribution in [0.5, 0.6) is 0 Å². The van der Waals surface area contributed by atoms with Crippen LogP contribution in [0.25, 0.3) is 11.3 Å². The van der Waals surface area contributed by atoms with E-state index in [1.54, 1.807) is 0 Å². The predicted molar refractivity (Wildman–Crippen MR) is 68.1 cm³/mol. The lowest BCUT2D eigenvalue weighted by Gasteiger charge is -2.08. The van der Waals surface area contributed by atoms with E-state index in [1.165, 1.54) is 0 Å². The highest BCUT2D eigenvalue weighted by Crippen LogP contribution is 2.27. The number of nitrogens with zero attached hydrogens (tertiary/aromatic N) is 2. The Kier molecular flexibility index (Phi) is 3.80. The third kappa shape index (κ3) is 2.67. The minimum absolute atomic E-state index is 0.0322. The van der Waals surface area contributed by atoms with Gasteiger partial charge in [0.15, 0.2) is 16.7 Å². The summed E-state index contributed by atoms with van der Waals surface area (Å²) in [6.45, 7) is 0. The maximum atomic E-state index is 13.2. The first-order chi connectivity index (χ1) is 9.42. The normalized spacial score (nSPS) is 10.4. The van der Waals surface area contributed by atoms with Gasteiger partial charge in [-0.2, -0.15) is 0 Å². The van der Waals surface area contributed by atoms with E-state index in [2.05, 4.69) is 14.7 Å². The van der Waals surface area contributed by atoms with Crippen molar-refractivity contribution in [2.24, 2.45) is 0 Å². The predicted octanol–water partition coefficient (Wildman–Crippen LogP) is 2.44. The van der Waals surface area contributed by atoms with E-state index in [0.29, 0.717) is 6.07 Å². The van der Waals surface area contributed by atoms with Gasteiger partial charge in [0, 0.05) is 11.6 Å². The van der Waals surface area contributed by atoms with Crippen LogP contribution in [0.15, 0.2) is 18.2 Å². The maximum absolute atomic E-state index is 13.2. The summed E-state index contributed by atoms with van der Waals surface area (Å²) in [5, 5.41) is -0.218. The molecule has 0 aliphatic heterocycles. The topological polar surface area (TPSA) is 78.1 Å². The van der Waals surface area contributed by atoms with Gasteiger partial charge in [0.2, 0.25) is 0 Å². The number of nitrogen functional groups attached to an aromatic ring is 1. The van der Waals surface area contributed by atoms with Gasteiger partial charge in [0.05, 0.1) is 7.11 Å². The molecule has 1 heterocycles. The molecule has 2 aromatic rings. The average molecular weight is 300 g/mol. The van der Waals surface area contributed by atoms with Gasteiger partial charge in [-0.1, -0.05) is 11.6 Å². The molecule has 0 unspecified atom stereocenters. The molecule has 104 valence electrons. The largest absolute Gasteiger partial charge is 0.464 e. The lowest BCUT2D eigenvalue weighted by molar-refractivity contribution is 0.0595. The quantitative estimate of drug-likeness (QED) is 0.862. The Labute approximate surface area is 117 Å². The molecule has 0 aliphatic rings. The molecule has 0 fully saturated rings. The number of rotatable bonds is 2. The fourth-order valence-corrected chi connectivity index (χ4v) is 1.78. The number of aromatic nitrogens is 2. The summed E-state index contributed by atoms with van der Waals surface area (Å²) >= 11 is 5.86. The van der Waals surface area contributed by atoms with Crippen LogP contribution in [0.3, 0.4) is 0 Å². The summed E-state index contributed by atoms with van der Waals surface area (Å²) < 4.78 is 30.8. The van der Waals surface area contributed by atoms with Crippen molar-refractivity contribution >= 4 is 23.4 Å². The van der Waals surface area contributed by atoms with Crippen LogP contribution in [0, 0.1) is 11.6 Å². The monoisotopic (exact) mass is 299 g/mol. The van der Waals surface area contributed by atoms with E-state index in [0.717, 1.165) is 19.2 Å². The summed E-state index contributed by atoms with van der Waals surface area (Å²) in [4.78, 5) is 18.9. The zero-order chi connectivity index (χ0) is 14.9. The van der Waals surface area contributed by atoms with Crippen molar-refractivity contribution in [1.82, 2.24) is 9.97 Å². The summed E-state index contributed by atoms with van der Waals surface area (Å²) in [6, 6.07) is 2.75. The minimum atomic E-state index is -0.811. The van der Waals surface area contributed by atoms with Crippen LogP contribution < -0.4 is 5.73 Å². The molecule has 0 aliphatic carbocycles. The third-order valence-corrected chi connectivity index (χ3v) is 2.66. The first-order valence-electron chi connectivity index (χ1n) is 5.30. The molecule has 5 nitrogen and oxygen atoms in total. The van der Waals surface area contributed by atoms with Crippen LogP contribution in [0.1, 0.15) is 10.5 Å². The molecule has 0 radical (unpaired) electrons. The third-order valence-electron chi connectivity index (χ3n) is 2.39. The lowest BCUT2D eigenvalue weighted by atomic mass is 10.1. The molecule has 0 saturated heterocycles. The molecule has 0 atom stereocenters. The minimum Gasteiger partial charge on any atom is -0.464 e. The van der Waals surface area contributed by atoms with Gasteiger partial charge in [0.1, 0.15) is 17.3 Å². The number of carbonyl (C=O) groups excluding carboxylic acids is 1. The maximum Gasteiger partial charge on any atom is 0.360 e. The van der Waals surface area contributed by atoms with Crippen LogP contribution in [0.4, 0.5) is 14.6 Å². The van der Waals surface area contributed by atoms with Gasteiger partial charge in [-0.15, -0.1) is 0 Å². The summed E-state index contributed by atoms with van der Waals surface area (Å²) in [5.41, 5.74) is 5.32. The number of hydrogen-bond acceptors (Lipinski definition) is 5. The summed E-state index contributed by atoms with van der Waals surface area (Å²) in [6.07, 6.45) is 0. The van der Waals surface area contributed by atoms with E-state index < -0.39 is 17.6 Å². The molecule has 20 heavy (non-hydrogen) atoms. The summed E-state index contributed by atoms with van der Waals surface area (Å²) in [7, 11) is 1.15. The van der Waals surface area contributed by atoms with Gasteiger partial charge >= 0.3 is 5.97 Å². The van der Waals surface area contributed by atoms with Crippen molar-refractivity contribution in [2.45, 2.75) is 0 Å². The first kappa shape index (κ1) is 14.1. The molecule has 0 spiro atoms. The lowest BCUT2D eigenvalue weighted by Crippen LogP contribution is -2.11. The van der Waals surface area contributed by atoms with E-state index in [-0.39, 0.29) is 27.9 Å². The number of carbonyl (C=O) groups is 1. The standard InChI is InChI=1S/C12H8ClF2N3O2/c1-20-12(19)9-11(16)18-8(10(13)17-9)5-2-6(14)4-7(15)3-5/h2-4H,1H3,(H2,16,18). The zero-order valence-corrected chi connectivity index (χ0v) is 10.9. The number of nitrogens with two attached hydrogens (primary N) is 1. The SMILES string of the molecule is COC(=O)c1nc(Cl)c(-c2cc(F)cc(F)c2)nc1N. The van der Waals surface area contributed by atoms with Gasteiger partial charge in [0.25, 0.3) is 0 Å². The number of halogens is 3. The van der Waals surface area contributed by atoms with Crippen LogP contribution in [0.2, 0.25) is 5.15 Å². The molecule has 2 rings (SSSR count). The molecular formula is C12H8ClF2N3O2. The number of ether oxygens (including phenoxy) is 1. The Hall–Kier alpha value is -2.28. The number of esters is 1. The molecular weight excluding hydrogens is 292 g/mol. The second-order valence-electron chi connectivity index (χ2n) is 3.75. The van der Waals surface area contributed by atoms with Gasteiger partial charge < -0.3 is 10.5 Å². The molecule has 0 saturated carbocycles. The molecule has 8 heteroatoms. The highest BCUT2D eigenvalue weighted by Gasteiger charge is 2.18. The molecule has 1 aromatic heterocycles. The van der Waals surface area contributed by atoms with E-state index >= 15 is 0 Å². The second-order valence-corrected chi connectivity index (χ2v) is 4.10. The Morgan fingerprint density at radius 1 is 1.25 bits per heavy atom. The number of methoxy groups -OCH3 is 1. The van der Waals surface area contributed by atoms with E-state index in [1.807, 2.05) is 0 Å². The number of hydrogen-bond donors (Lipinski definition) is 1. The molecule has 0 amide bonds. The Morgan fingerprint density at radius 3 is 2.40 bits per heavy atom. The number of benzene rings is 1. The summed E-state index contributed by atoms with van der Waals surface area (Å²) in [5.74, 6) is -2.66. The first-order valence-corrected chi connectivity index (χ1v) is 5.68. The van der Waals surface area contributed by atoms with Gasteiger partial charge in [-0.25, -0.2) is 23.5 Å². The molecule has 0 bridgehead atoms. The van der Waals surface area contributed by atoms with Crippen molar-refractivity contribution < 1.29 is 18.3 Å². The van der Waals surface area contributed by atoms with Crippen molar-refractivity contribution in [3.8, 4) is 11.3 Å². The Bertz CT molecular complexity index is 674. The van der Waals surface area contributed by atoms with Crippen molar-refractivity contribution in [3.63, 3.8) is 0 Å². The second kappa shape index (κ2) is 5.38. The van der Waals surface area contributed by atoms with Crippen LogP contribution in [-0.2, 0) is 4.74 Å². The fourth-order valence-electron chi connectivity index (χ4n) is 1.55. The van der Waals surface area contributed by atoms with Gasteiger partial charge in [-0.05, 0) is 12.1 Å². The molecule has 1 aromatic carbocycles. The van der Waals surface area contributed by atoms with E-state index in [9.17, 15) is 13.6 Å². The fraction of sp³-hybridized carbons (Fsp3) is 0.0833. The van der Waals surface area contributed by atoms with Gasteiger partial charge in [-0.3, -0.25) is 0 Å². The van der Waals surface area contributed by atoms with E-state index in [4.69, 9.17) is 17.3 Å². The molecule has 2 N–H and O–H groups in total. The average Bonchev–Trinajstić information content (AvgIpc) is 2.39. The smallest absolute Gasteiger partial charge is 0.360 e. The van der Waals surface area contributed by atoms with Crippen molar-refractivity contribution in [2.75, 3.05) is 12.8 Å². The van der Waals surface area contributed by atoms with Crippen LogP contribution >= 0.6 is 11.6 Å². The highest BCUT2D eigenvalue weighted by molar-refractivity contribution is 6.32. The number of anilines is 1. The zero-order valence-electron chi connectivity index (χ0n) is 10.2. The van der Waals surface area contributed by atoms with Crippen LogP contribution in [-0.4, -0.2) is 23.0 Å². The Morgan fingerprint density at radius 2 is 1.85 bits per heavy atom. The Balaban J connectivity index is 2.58.